The number of nitrogens with one attached hydrogen (secondary N) is 2. The van der Waals surface area contributed by atoms with Crippen molar-refractivity contribution < 1.29 is 19.5 Å². The molecular weight excluding hydrogens is 488 g/mol. The summed E-state index contributed by atoms with van der Waals surface area (Å²) in [6, 6.07) is 16.3. The molecule has 2 aromatic carbocycles. The maximum Gasteiger partial charge on any atom is 0.254 e. The van der Waals surface area contributed by atoms with Crippen molar-refractivity contribution in [3.8, 4) is 0 Å². The van der Waals surface area contributed by atoms with E-state index in [1.54, 1.807) is 0 Å². The number of hydrogen-bond acceptors (Lipinski definition) is 6. The largest absolute Gasteiger partial charge is 0.381 e. The molecule has 3 amide bonds. The Morgan fingerprint density at radius 2 is 1.70 bits per heavy atom. The number of aliphatic hydroxyl groups excluding tert-OH is 1. The highest BCUT2D eigenvalue weighted by Gasteiger charge is 2.32. The van der Waals surface area contributed by atoms with Gasteiger partial charge in [0.1, 0.15) is 6.54 Å². The van der Waals surface area contributed by atoms with Crippen LogP contribution in [0.1, 0.15) is 43.4 Å². The van der Waals surface area contributed by atoms with Crippen molar-refractivity contribution in [2.24, 2.45) is 5.73 Å². The number of benzene rings is 2. The zero-order valence-electron chi connectivity index (χ0n) is 22.0. The quantitative estimate of drug-likeness (QED) is 0.263. The van der Waals surface area contributed by atoms with Gasteiger partial charge in [-0.25, -0.2) is 0 Å². The van der Waals surface area contributed by atoms with Crippen molar-refractivity contribution >= 4 is 29.5 Å². The number of hydrogen-bond donors (Lipinski definition) is 4. The fourth-order valence-corrected chi connectivity index (χ4v) is 4.36. The van der Waals surface area contributed by atoms with E-state index in [2.05, 4.69) is 10.6 Å². The van der Waals surface area contributed by atoms with Gasteiger partial charge in [-0.05, 0) is 43.0 Å². The van der Waals surface area contributed by atoms with Gasteiger partial charge < -0.3 is 26.4 Å². The second kappa shape index (κ2) is 16.1. The Morgan fingerprint density at radius 3 is 2.35 bits per heavy atom. The normalized spacial score (nSPS) is 12.6. The summed E-state index contributed by atoms with van der Waals surface area (Å²) in [6.07, 6.45) is -0.533. The van der Waals surface area contributed by atoms with E-state index in [0.29, 0.717) is 19.5 Å². The van der Waals surface area contributed by atoms with Gasteiger partial charge in [-0.1, -0.05) is 68.4 Å². The highest BCUT2D eigenvalue weighted by atomic mass is 32.2. The Hall–Kier alpha value is -2.88. The summed E-state index contributed by atoms with van der Waals surface area (Å²) in [5.41, 5.74) is 8.45. The summed E-state index contributed by atoms with van der Waals surface area (Å²) in [5, 5.41) is 17.0. The van der Waals surface area contributed by atoms with E-state index < -0.39 is 18.1 Å². The molecule has 8 nitrogen and oxygen atoms in total. The van der Waals surface area contributed by atoms with Crippen LogP contribution < -0.4 is 16.4 Å². The summed E-state index contributed by atoms with van der Waals surface area (Å²) in [5.74, 6) is -0.957. The van der Waals surface area contributed by atoms with E-state index in [4.69, 9.17) is 5.73 Å². The average molecular weight is 529 g/mol. The third-order valence-electron chi connectivity index (χ3n) is 5.83. The number of nitrogens with two attached hydrogens (primary N) is 1. The highest BCUT2D eigenvalue weighted by Crippen LogP contribution is 2.15. The zero-order valence-corrected chi connectivity index (χ0v) is 22.8. The van der Waals surface area contributed by atoms with E-state index in [-0.39, 0.29) is 42.3 Å². The monoisotopic (exact) mass is 528 g/mol. The summed E-state index contributed by atoms with van der Waals surface area (Å²) in [4.78, 5) is 40.1. The predicted octanol–water partition coefficient (Wildman–Crippen LogP) is 2.37. The second-order valence-electron chi connectivity index (χ2n) is 9.28. The standard InChI is InChI=1S/C28H40N4O4S/c1-20(2)37-19-32(18-26(34)30-17-23-13-8-7-10-21(23)3)28(36)27(35)24(31-25(33)14-9-15-29)16-22-11-5-4-6-12-22/h4-8,10-13,20,24,27,35H,9,14-19,29H2,1-3H3,(H,30,34)(H,31,33)/t24-,27-/m0/s1. The lowest BCUT2D eigenvalue weighted by atomic mass is 10.00. The SMILES string of the molecule is Cc1ccccc1CNC(=O)CN(CSC(C)C)C(=O)[C@@H](O)[C@H](Cc1ccccc1)NC(=O)CCCN. The van der Waals surface area contributed by atoms with E-state index in [9.17, 15) is 19.5 Å². The molecule has 0 aliphatic heterocycles. The first kappa shape index (κ1) is 30.3. The lowest BCUT2D eigenvalue weighted by Gasteiger charge is -2.30. The molecule has 0 aromatic heterocycles. The first-order valence-corrected chi connectivity index (χ1v) is 13.7. The van der Waals surface area contributed by atoms with Crippen LogP contribution in [0, 0.1) is 6.92 Å². The van der Waals surface area contributed by atoms with Gasteiger partial charge in [-0.2, -0.15) is 0 Å². The van der Waals surface area contributed by atoms with Gasteiger partial charge in [-0.3, -0.25) is 14.4 Å². The third kappa shape index (κ3) is 11.0. The van der Waals surface area contributed by atoms with E-state index in [0.717, 1.165) is 16.7 Å². The van der Waals surface area contributed by atoms with Gasteiger partial charge in [0.2, 0.25) is 11.8 Å². The number of rotatable bonds is 15. The number of carbonyl (C=O) groups is 3. The molecular formula is C28H40N4O4S. The number of amides is 3. The van der Waals surface area contributed by atoms with E-state index in [1.807, 2.05) is 75.4 Å². The summed E-state index contributed by atoms with van der Waals surface area (Å²) in [6.45, 7) is 6.50. The van der Waals surface area contributed by atoms with Gasteiger partial charge in [0, 0.05) is 18.2 Å². The molecule has 9 heteroatoms. The first-order chi connectivity index (χ1) is 17.7. The summed E-state index contributed by atoms with van der Waals surface area (Å²) in [7, 11) is 0. The minimum atomic E-state index is -1.51. The van der Waals surface area contributed by atoms with Crippen LogP contribution in [0.15, 0.2) is 54.6 Å². The third-order valence-corrected chi connectivity index (χ3v) is 6.96. The average Bonchev–Trinajstić information content (AvgIpc) is 2.88. The molecule has 202 valence electrons. The van der Waals surface area contributed by atoms with Crippen LogP contribution in [-0.4, -0.2) is 64.1 Å². The number of nitrogens with zero attached hydrogens (tertiary/aromatic N) is 1. The summed E-state index contributed by atoms with van der Waals surface area (Å²) >= 11 is 1.50. The Bertz CT molecular complexity index is 1000. The van der Waals surface area contributed by atoms with Crippen molar-refractivity contribution in [1.29, 1.82) is 0 Å². The van der Waals surface area contributed by atoms with Crippen LogP contribution in [0.2, 0.25) is 0 Å². The predicted molar refractivity (Wildman–Crippen MR) is 149 cm³/mol. The van der Waals surface area contributed by atoms with Crippen molar-refractivity contribution in [2.45, 2.75) is 64.0 Å². The lowest BCUT2D eigenvalue weighted by Crippen LogP contribution is -2.54. The maximum absolute atomic E-state index is 13.5. The molecule has 2 aromatic rings. The molecule has 2 rings (SSSR count). The molecule has 0 aliphatic carbocycles. The highest BCUT2D eigenvalue weighted by molar-refractivity contribution is 7.99. The molecule has 5 N–H and O–H groups in total. The van der Waals surface area contributed by atoms with Gasteiger partial charge >= 0.3 is 0 Å². The van der Waals surface area contributed by atoms with Crippen LogP contribution in [0.4, 0.5) is 0 Å². The first-order valence-electron chi connectivity index (χ1n) is 12.6. The Kier molecular flexibility index (Phi) is 13.2. The number of aryl methyl sites for hydroxylation is 1. The molecule has 0 fully saturated rings. The zero-order chi connectivity index (χ0) is 27.2. The van der Waals surface area contributed by atoms with Crippen LogP contribution in [0.3, 0.4) is 0 Å². The molecule has 0 unspecified atom stereocenters. The van der Waals surface area contributed by atoms with Crippen LogP contribution in [0.5, 0.6) is 0 Å². The molecule has 0 heterocycles. The minimum Gasteiger partial charge on any atom is -0.381 e. The number of carbonyl (C=O) groups excluding carboxylic acids is 3. The van der Waals surface area contributed by atoms with Gasteiger partial charge in [-0.15, -0.1) is 11.8 Å². The molecule has 0 spiro atoms. The van der Waals surface area contributed by atoms with Crippen molar-refractivity contribution in [2.75, 3.05) is 19.0 Å². The Labute approximate surface area is 224 Å². The van der Waals surface area contributed by atoms with Crippen molar-refractivity contribution in [1.82, 2.24) is 15.5 Å². The van der Waals surface area contributed by atoms with Gasteiger partial charge in [0.05, 0.1) is 11.9 Å². The molecule has 0 bridgehead atoms. The lowest BCUT2D eigenvalue weighted by molar-refractivity contribution is -0.144. The van der Waals surface area contributed by atoms with Crippen molar-refractivity contribution in [3.63, 3.8) is 0 Å². The molecule has 37 heavy (non-hydrogen) atoms. The molecule has 2 atom stereocenters. The number of aliphatic hydroxyl groups is 1. The fraction of sp³-hybridized carbons (Fsp3) is 0.464. The van der Waals surface area contributed by atoms with Crippen LogP contribution >= 0.6 is 11.8 Å². The Balaban J connectivity index is 2.14. The van der Waals surface area contributed by atoms with Crippen molar-refractivity contribution in [3.05, 3.63) is 71.3 Å². The summed E-state index contributed by atoms with van der Waals surface area (Å²) < 4.78 is 0. The molecule has 0 saturated heterocycles. The molecule has 0 aliphatic rings. The van der Waals surface area contributed by atoms with E-state index in [1.165, 1.54) is 16.7 Å². The van der Waals surface area contributed by atoms with E-state index >= 15 is 0 Å². The van der Waals surface area contributed by atoms with Gasteiger partial charge in [0.25, 0.3) is 5.91 Å². The van der Waals surface area contributed by atoms with Crippen LogP contribution in [-0.2, 0) is 27.3 Å². The number of thioether (sulfide) groups is 1. The van der Waals surface area contributed by atoms with Crippen LogP contribution in [0.25, 0.3) is 0 Å². The van der Waals surface area contributed by atoms with Gasteiger partial charge in [0.15, 0.2) is 6.10 Å². The topological polar surface area (TPSA) is 125 Å². The second-order valence-corrected chi connectivity index (χ2v) is 10.8. The minimum absolute atomic E-state index is 0.194. The maximum atomic E-state index is 13.5. The molecule has 0 saturated carbocycles. The fourth-order valence-electron chi connectivity index (χ4n) is 3.67. The molecule has 0 radical (unpaired) electrons. The smallest absolute Gasteiger partial charge is 0.254 e. The Morgan fingerprint density at radius 1 is 1.03 bits per heavy atom.